The largest absolute Gasteiger partial charge is 0.478 e. The Bertz CT molecular complexity index is 571. The lowest BCUT2D eigenvalue weighted by molar-refractivity contribution is 0.0696. The molecule has 90 valence electrons. The van der Waals surface area contributed by atoms with E-state index in [1.165, 1.54) is 11.3 Å². The van der Waals surface area contributed by atoms with Crippen molar-refractivity contribution in [2.75, 3.05) is 0 Å². The third-order valence-electron chi connectivity index (χ3n) is 2.75. The standard InChI is InChI=1S/C12H12ClNO2S/c1-7-5-10(12(15)16)8(2)14(7)6-9-3-4-11(13)17-9/h3-5H,6H2,1-2H3,(H,15,16). The van der Waals surface area contributed by atoms with Crippen LogP contribution < -0.4 is 0 Å². The highest BCUT2D eigenvalue weighted by Crippen LogP contribution is 2.24. The van der Waals surface area contributed by atoms with Crippen LogP contribution in [0.15, 0.2) is 18.2 Å². The van der Waals surface area contributed by atoms with E-state index >= 15 is 0 Å². The van der Waals surface area contributed by atoms with Gasteiger partial charge in [0, 0.05) is 16.3 Å². The summed E-state index contributed by atoms with van der Waals surface area (Å²) in [6, 6.07) is 5.52. The fourth-order valence-electron chi connectivity index (χ4n) is 1.85. The third-order valence-corrected chi connectivity index (χ3v) is 3.96. The molecule has 0 fully saturated rings. The van der Waals surface area contributed by atoms with Gasteiger partial charge < -0.3 is 9.67 Å². The fourth-order valence-corrected chi connectivity index (χ4v) is 2.93. The minimum Gasteiger partial charge on any atom is -0.478 e. The Morgan fingerprint density at radius 3 is 2.65 bits per heavy atom. The Hall–Kier alpha value is -1.26. The summed E-state index contributed by atoms with van der Waals surface area (Å²) < 4.78 is 2.74. The lowest BCUT2D eigenvalue weighted by Crippen LogP contribution is -2.04. The quantitative estimate of drug-likeness (QED) is 0.926. The number of aromatic carboxylic acids is 1. The zero-order valence-electron chi connectivity index (χ0n) is 9.53. The maximum absolute atomic E-state index is 11.0. The molecular formula is C12H12ClNO2S. The normalized spacial score (nSPS) is 10.8. The fraction of sp³-hybridized carbons (Fsp3) is 0.250. The molecule has 2 aromatic rings. The van der Waals surface area contributed by atoms with Crippen LogP contribution in [-0.4, -0.2) is 15.6 Å². The summed E-state index contributed by atoms with van der Waals surface area (Å²) in [5.74, 6) is -0.881. The van der Waals surface area contributed by atoms with E-state index in [1.54, 1.807) is 6.07 Å². The molecule has 5 heteroatoms. The molecule has 0 aliphatic carbocycles. The van der Waals surface area contributed by atoms with Crippen LogP contribution in [0.3, 0.4) is 0 Å². The van der Waals surface area contributed by atoms with E-state index in [-0.39, 0.29) is 0 Å². The van der Waals surface area contributed by atoms with E-state index in [2.05, 4.69) is 0 Å². The van der Waals surface area contributed by atoms with Gasteiger partial charge in [-0.3, -0.25) is 0 Å². The number of halogens is 1. The molecule has 0 radical (unpaired) electrons. The SMILES string of the molecule is Cc1cc(C(=O)O)c(C)n1Cc1ccc(Cl)s1. The van der Waals surface area contributed by atoms with Gasteiger partial charge >= 0.3 is 5.97 Å². The van der Waals surface area contributed by atoms with Crippen LogP contribution in [0.25, 0.3) is 0 Å². The monoisotopic (exact) mass is 269 g/mol. The Morgan fingerprint density at radius 1 is 1.47 bits per heavy atom. The minimum absolute atomic E-state index is 0.366. The molecule has 0 unspecified atom stereocenters. The van der Waals surface area contributed by atoms with E-state index in [9.17, 15) is 4.79 Å². The van der Waals surface area contributed by atoms with Crippen molar-refractivity contribution in [2.45, 2.75) is 20.4 Å². The maximum atomic E-state index is 11.0. The number of hydrogen-bond acceptors (Lipinski definition) is 2. The van der Waals surface area contributed by atoms with Crippen molar-refractivity contribution in [3.8, 4) is 0 Å². The molecule has 2 aromatic heterocycles. The average molecular weight is 270 g/mol. The van der Waals surface area contributed by atoms with Crippen molar-refractivity contribution in [2.24, 2.45) is 0 Å². The van der Waals surface area contributed by atoms with Gasteiger partial charge in [0.25, 0.3) is 0 Å². The summed E-state index contributed by atoms with van der Waals surface area (Å²) in [4.78, 5) is 12.1. The van der Waals surface area contributed by atoms with Crippen LogP contribution in [0.2, 0.25) is 4.34 Å². The molecular weight excluding hydrogens is 258 g/mol. The van der Waals surface area contributed by atoms with Crippen LogP contribution >= 0.6 is 22.9 Å². The molecule has 0 atom stereocenters. The third kappa shape index (κ3) is 2.37. The molecule has 0 aliphatic rings. The first-order chi connectivity index (χ1) is 7.99. The van der Waals surface area contributed by atoms with E-state index in [4.69, 9.17) is 16.7 Å². The Morgan fingerprint density at radius 2 is 2.18 bits per heavy atom. The van der Waals surface area contributed by atoms with Gasteiger partial charge in [-0.2, -0.15) is 0 Å². The number of hydrogen-bond donors (Lipinski definition) is 1. The van der Waals surface area contributed by atoms with Gasteiger partial charge in [-0.15, -0.1) is 11.3 Å². The van der Waals surface area contributed by atoms with E-state index in [1.807, 2.05) is 30.5 Å². The number of aryl methyl sites for hydroxylation is 1. The van der Waals surface area contributed by atoms with Crippen LogP contribution in [0.4, 0.5) is 0 Å². The Labute approximate surface area is 108 Å². The van der Waals surface area contributed by atoms with Gasteiger partial charge in [-0.1, -0.05) is 11.6 Å². The number of carbonyl (C=O) groups is 1. The molecule has 0 aromatic carbocycles. The molecule has 17 heavy (non-hydrogen) atoms. The number of aromatic nitrogens is 1. The summed E-state index contributed by atoms with van der Waals surface area (Å²) in [6.45, 7) is 4.41. The summed E-state index contributed by atoms with van der Waals surface area (Å²) in [7, 11) is 0. The first kappa shape index (κ1) is 12.2. The topological polar surface area (TPSA) is 42.2 Å². The number of nitrogens with zero attached hydrogens (tertiary/aromatic N) is 1. The molecule has 2 rings (SSSR count). The van der Waals surface area contributed by atoms with Gasteiger partial charge in [0.2, 0.25) is 0 Å². The summed E-state index contributed by atoms with van der Waals surface area (Å²) in [6.07, 6.45) is 0. The summed E-state index contributed by atoms with van der Waals surface area (Å²) in [5.41, 5.74) is 2.09. The zero-order valence-corrected chi connectivity index (χ0v) is 11.1. The summed E-state index contributed by atoms with van der Waals surface area (Å²) >= 11 is 7.39. The van der Waals surface area contributed by atoms with Crippen molar-refractivity contribution >= 4 is 28.9 Å². The average Bonchev–Trinajstić information content (AvgIpc) is 2.77. The number of rotatable bonds is 3. The molecule has 3 nitrogen and oxygen atoms in total. The molecule has 2 heterocycles. The molecule has 0 spiro atoms. The van der Waals surface area contributed by atoms with Crippen LogP contribution in [-0.2, 0) is 6.54 Å². The van der Waals surface area contributed by atoms with Crippen LogP contribution in [0.1, 0.15) is 26.6 Å². The van der Waals surface area contributed by atoms with Crippen LogP contribution in [0.5, 0.6) is 0 Å². The predicted octanol–water partition coefficient (Wildman–Crippen LogP) is 3.57. The molecule has 0 saturated heterocycles. The Balaban J connectivity index is 2.36. The van der Waals surface area contributed by atoms with Gasteiger partial charge in [-0.05, 0) is 32.0 Å². The van der Waals surface area contributed by atoms with Crippen molar-refractivity contribution in [1.29, 1.82) is 0 Å². The lowest BCUT2D eigenvalue weighted by Gasteiger charge is -2.07. The second kappa shape index (κ2) is 4.55. The molecule has 0 aliphatic heterocycles. The highest BCUT2D eigenvalue weighted by molar-refractivity contribution is 7.16. The van der Waals surface area contributed by atoms with Gasteiger partial charge in [0.05, 0.1) is 16.4 Å². The van der Waals surface area contributed by atoms with Crippen molar-refractivity contribution in [3.63, 3.8) is 0 Å². The van der Waals surface area contributed by atoms with Crippen molar-refractivity contribution in [3.05, 3.63) is 44.4 Å². The van der Waals surface area contributed by atoms with E-state index < -0.39 is 5.97 Å². The van der Waals surface area contributed by atoms with Gasteiger partial charge in [0.15, 0.2) is 0 Å². The second-order valence-corrected chi connectivity index (χ2v) is 5.68. The number of carboxylic acids is 1. The first-order valence-corrected chi connectivity index (χ1v) is 6.32. The maximum Gasteiger partial charge on any atom is 0.337 e. The van der Waals surface area contributed by atoms with E-state index in [0.717, 1.165) is 20.6 Å². The molecule has 1 N–H and O–H groups in total. The van der Waals surface area contributed by atoms with Gasteiger partial charge in [-0.25, -0.2) is 4.79 Å². The molecule has 0 amide bonds. The second-order valence-electron chi connectivity index (χ2n) is 3.88. The Kier molecular flexibility index (Phi) is 3.26. The molecule has 0 saturated carbocycles. The predicted molar refractivity (Wildman–Crippen MR) is 69.3 cm³/mol. The molecule has 0 bridgehead atoms. The summed E-state index contributed by atoms with van der Waals surface area (Å²) in [5, 5.41) is 9.04. The highest BCUT2D eigenvalue weighted by Gasteiger charge is 2.14. The van der Waals surface area contributed by atoms with Crippen LogP contribution in [0, 0.1) is 13.8 Å². The highest BCUT2D eigenvalue weighted by atomic mass is 35.5. The lowest BCUT2D eigenvalue weighted by atomic mass is 10.2. The number of thiophene rings is 1. The zero-order chi connectivity index (χ0) is 12.6. The van der Waals surface area contributed by atoms with Crippen molar-refractivity contribution < 1.29 is 9.90 Å². The number of carboxylic acid groups (broad SMARTS) is 1. The first-order valence-electron chi connectivity index (χ1n) is 5.13. The van der Waals surface area contributed by atoms with Gasteiger partial charge in [0.1, 0.15) is 0 Å². The smallest absolute Gasteiger partial charge is 0.337 e. The minimum atomic E-state index is -0.881. The van der Waals surface area contributed by atoms with E-state index in [0.29, 0.717) is 12.1 Å². The van der Waals surface area contributed by atoms with Crippen molar-refractivity contribution in [1.82, 2.24) is 4.57 Å².